The Morgan fingerprint density at radius 3 is 2.85 bits per heavy atom. The molecule has 0 N–H and O–H groups in total. The van der Waals surface area contributed by atoms with Crippen LogP contribution in [0.5, 0.6) is 0 Å². The first-order valence-corrected chi connectivity index (χ1v) is 6.65. The maximum atomic E-state index is 9.18. The van der Waals surface area contributed by atoms with E-state index >= 15 is 0 Å². The van der Waals surface area contributed by atoms with Gasteiger partial charge in [-0.05, 0) is 17.7 Å². The maximum absolute atomic E-state index is 9.18. The van der Waals surface area contributed by atoms with Crippen LogP contribution in [0.1, 0.15) is 17.2 Å². The number of nitriles is 1. The van der Waals surface area contributed by atoms with E-state index in [1.807, 2.05) is 18.2 Å². The van der Waals surface area contributed by atoms with E-state index in [4.69, 9.17) is 4.74 Å². The molecule has 4 nitrogen and oxygen atoms in total. The van der Waals surface area contributed by atoms with E-state index in [0.717, 1.165) is 24.5 Å². The molecule has 4 heteroatoms. The summed E-state index contributed by atoms with van der Waals surface area (Å²) in [4.78, 5) is 6.47. The Morgan fingerprint density at radius 2 is 2.05 bits per heavy atom. The van der Waals surface area contributed by atoms with E-state index in [9.17, 15) is 5.26 Å². The molecule has 2 heterocycles. The molecule has 1 aliphatic rings. The molecule has 0 saturated carbocycles. The van der Waals surface area contributed by atoms with Crippen molar-refractivity contribution < 1.29 is 4.74 Å². The van der Waals surface area contributed by atoms with Crippen LogP contribution in [0.15, 0.2) is 48.7 Å². The van der Waals surface area contributed by atoms with E-state index < -0.39 is 0 Å². The number of anilines is 1. The highest BCUT2D eigenvalue weighted by molar-refractivity contribution is 5.53. The fourth-order valence-corrected chi connectivity index (χ4v) is 2.45. The summed E-state index contributed by atoms with van der Waals surface area (Å²) >= 11 is 0. The van der Waals surface area contributed by atoms with E-state index in [-0.39, 0.29) is 6.10 Å². The summed E-state index contributed by atoms with van der Waals surface area (Å²) in [5, 5.41) is 9.18. The van der Waals surface area contributed by atoms with Crippen LogP contribution in [0.4, 0.5) is 5.82 Å². The van der Waals surface area contributed by atoms with Crippen LogP contribution >= 0.6 is 0 Å². The third kappa shape index (κ3) is 2.49. The van der Waals surface area contributed by atoms with Crippen molar-refractivity contribution in [2.24, 2.45) is 0 Å². The zero-order valence-corrected chi connectivity index (χ0v) is 11.1. The number of aromatic nitrogens is 1. The van der Waals surface area contributed by atoms with Crippen molar-refractivity contribution in [2.75, 3.05) is 24.6 Å². The summed E-state index contributed by atoms with van der Waals surface area (Å²) < 4.78 is 5.84. The monoisotopic (exact) mass is 265 g/mol. The molecule has 2 aromatic rings. The lowest BCUT2D eigenvalue weighted by Gasteiger charge is -2.34. The summed E-state index contributed by atoms with van der Waals surface area (Å²) in [6.07, 6.45) is 1.75. The number of hydrogen-bond donors (Lipinski definition) is 0. The van der Waals surface area contributed by atoms with Crippen molar-refractivity contribution in [1.82, 2.24) is 4.98 Å². The lowest BCUT2D eigenvalue weighted by molar-refractivity contribution is 0.0395. The SMILES string of the molecule is N#Cc1cccnc1N1CCO[C@H](c2ccccc2)C1. The van der Waals surface area contributed by atoms with Gasteiger partial charge in [0.15, 0.2) is 0 Å². The van der Waals surface area contributed by atoms with Crippen molar-refractivity contribution in [3.05, 3.63) is 59.8 Å². The Morgan fingerprint density at radius 1 is 1.20 bits per heavy atom. The minimum absolute atomic E-state index is 0.0264. The van der Waals surface area contributed by atoms with Gasteiger partial charge in [-0.1, -0.05) is 30.3 Å². The molecule has 0 amide bonds. The molecule has 0 bridgehead atoms. The van der Waals surface area contributed by atoms with Gasteiger partial charge in [-0.25, -0.2) is 4.98 Å². The number of nitrogens with zero attached hydrogens (tertiary/aromatic N) is 3. The highest BCUT2D eigenvalue weighted by atomic mass is 16.5. The fraction of sp³-hybridized carbons (Fsp3) is 0.250. The third-order valence-corrected chi connectivity index (χ3v) is 3.44. The van der Waals surface area contributed by atoms with Crippen molar-refractivity contribution in [2.45, 2.75) is 6.10 Å². The van der Waals surface area contributed by atoms with Crippen LogP contribution in [-0.2, 0) is 4.74 Å². The van der Waals surface area contributed by atoms with Crippen molar-refractivity contribution >= 4 is 5.82 Å². The van der Waals surface area contributed by atoms with Crippen LogP contribution in [0.3, 0.4) is 0 Å². The summed E-state index contributed by atoms with van der Waals surface area (Å²) in [5.74, 6) is 0.749. The van der Waals surface area contributed by atoms with Gasteiger partial charge in [0.05, 0.1) is 12.2 Å². The van der Waals surface area contributed by atoms with E-state index in [0.29, 0.717) is 12.2 Å². The molecule has 0 spiro atoms. The van der Waals surface area contributed by atoms with Crippen LogP contribution in [0.25, 0.3) is 0 Å². The highest BCUT2D eigenvalue weighted by Gasteiger charge is 2.24. The van der Waals surface area contributed by atoms with E-state index in [2.05, 4.69) is 28.1 Å². The van der Waals surface area contributed by atoms with Crippen LogP contribution < -0.4 is 4.90 Å². The molecule has 20 heavy (non-hydrogen) atoms. The topological polar surface area (TPSA) is 49.2 Å². The van der Waals surface area contributed by atoms with Gasteiger partial charge in [-0.15, -0.1) is 0 Å². The Hall–Kier alpha value is -2.38. The fourth-order valence-electron chi connectivity index (χ4n) is 2.45. The molecular weight excluding hydrogens is 250 g/mol. The second-order valence-electron chi connectivity index (χ2n) is 4.70. The molecule has 1 aromatic carbocycles. The Bertz CT molecular complexity index is 621. The first-order valence-electron chi connectivity index (χ1n) is 6.65. The molecule has 1 aliphatic heterocycles. The predicted molar refractivity (Wildman–Crippen MR) is 76.3 cm³/mol. The molecule has 0 aliphatic carbocycles. The molecule has 0 unspecified atom stereocenters. The quantitative estimate of drug-likeness (QED) is 0.837. The normalized spacial score (nSPS) is 18.6. The van der Waals surface area contributed by atoms with Gasteiger partial charge in [0.1, 0.15) is 18.0 Å². The summed E-state index contributed by atoms with van der Waals surface area (Å²) in [6.45, 7) is 2.12. The van der Waals surface area contributed by atoms with Crippen LogP contribution in [0, 0.1) is 11.3 Å². The largest absolute Gasteiger partial charge is 0.370 e. The van der Waals surface area contributed by atoms with Crippen molar-refractivity contribution in [3.8, 4) is 6.07 Å². The van der Waals surface area contributed by atoms with Crippen LogP contribution in [0.2, 0.25) is 0 Å². The number of ether oxygens (including phenoxy) is 1. The van der Waals surface area contributed by atoms with Crippen molar-refractivity contribution in [3.63, 3.8) is 0 Å². The highest BCUT2D eigenvalue weighted by Crippen LogP contribution is 2.26. The Labute approximate surface area is 118 Å². The standard InChI is InChI=1S/C16H15N3O/c17-11-14-7-4-8-18-16(14)19-9-10-20-15(12-19)13-5-2-1-3-6-13/h1-8,15H,9-10,12H2/t15-/m0/s1. The smallest absolute Gasteiger partial charge is 0.146 e. The number of morpholine rings is 1. The van der Waals surface area contributed by atoms with Gasteiger partial charge in [0, 0.05) is 19.3 Å². The molecule has 1 saturated heterocycles. The minimum Gasteiger partial charge on any atom is -0.370 e. The third-order valence-electron chi connectivity index (χ3n) is 3.44. The second kappa shape index (κ2) is 5.72. The minimum atomic E-state index is 0.0264. The van der Waals surface area contributed by atoms with E-state index in [1.165, 1.54) is 0 Å². The van der Waals surface area contributed by atoms with Crippen LogP contribution in [-0.4, -0.2) is 24.7 Å². The predicted octanol–water partition coefficient (Wildman–Crippen LogP) is 2.53. The summed E-state index contributed by atoms with van der Waals surface area (Å²) in [5.41, 5.74) is 1.77. The molecule has 1 atom stereocenters. The number of benzene rings is 1. The molecule has 0 radical (unpaired) electrons. The summed E-state index contributed by atoms with van der Waals surface area (Å²) in [6, 6.07) is 15.9. The van der Waals surface area contributed by atoms with Gasteiger partial charge in [0.25, 0.3) is 0 Å². The first-order chi connectivity index (χ1) is 9.88. The average molecular weight is 265 g/mol. The molecule has 100 valence electrons. The molecule has 1 aromatic heterocycles. The van der Waals surface area contributed by atoms with Gasteiger partial charge in [0.2, 0.25) is 0 Å². The first kappa shape index (κ1) is 12.6. The maximum Gasteiger partial charge on any atom is 0.146 e. The van der Waals surface area contributed by atoms with Crippen molar-refractivity contribution in [1.29, 1.82) is 5.26 Å². The zero-order chi connectivity index (χ0) is 13.8. The van der Waals surface area contributed by atoms with E-state index in [1.54, 1.807) is 18.3 Å². The zero-order valence-electron chi connectivity index (χ0n) is 11.1. The Kier molecular flexibility index (Phi) is 3.62. The van der Waals surface area contributed by atoms with Gasteiger partial charge < -0.3 is 9.64 Å². The number of hydrogen-bond acceptors (Lipinski definition) is 4. The number of pyridine rings is 1. The second-order valence-corrected chi connectivity index (χ2v) is 4.70. The molecule has 1 fully saturated rings. The Balaban J connectivity index is 1.84. The van der Waals surface area contributed by atoms with Gasteiger partial charge in [-0.2, -0.15) is 5.26 Å². The summed E-state index contributed by atoms with van der Waals surface area (Å²) in [7, 11) is 0. The van der Waals surface area contributed by atoms with Gasteiger partial charge >= 0.3 is 0 Å². The molecular formula is C16H15N3O. The molecule has 3 rings (SSSR count). The number of rotatable bonds is 2. The lowest BCUT2D eigenvalue weighted by Crippen LogP contribution is -2.39. The average Bonchev–Trinajstić information content (AvgIpc) is 2.56. The van der Waals surface area contributed by atoms with Gasteiger partial charge in [-0.3, -0.25) is 0 Å². The lowest BCUT2D eigenvalue weighted by atomic mass is 10.1.